The molecule has 198 valence electrons. The second kappa shape index (κ2) is 9.67. The smallest absolute Gasteiger partial charge is 0.133 e. The zero-order valence-corrected chi connectivity index (χ0v) is 23.3. The number of fused-ring (bicyclic) bond motifs is 4. The van der Waals surface area contributed by atoms with E-state index in [4.69, 9.17) is 4.74 Å². The van der Waals surface area contributed by atoms with Crippen LogP contribution < -0.4 is 14.5 Å². The summed E-state index contributed by atoms with van der Waals surface area (Å²) in [7, 11) is 0. The van der Waals surface area contributed by atoms with Gasteiger partial charge in [0.15, 0.2) is 0 Å². The largest absolute Gasteiger partial charge is 0.457 e. The third kappa shape index (κ3) is 4.01. The highest BCUT2D eigenvalue weighted by Crippen LogP contribution is 2.51. The molecule has 38 heavy (non-hydrogen) atoms. The normalized spacial score (nSPS) is 28.3. The molecule has 7 rings (SSSR count). The molecule has 0 spiro atoms. The van der Waals surface area contributed by atoms with E-state index in [0.717, 1.165) is 11.5 Å². The van der Waals surface area contributed by atoms with Crippen molar-refractivity contribution in [1.82, 2.24) is 0 Å². The molecule has 4 aliphatic rings. The molecule has 3 nitrogen and oxygen atoms in total. The van der Waals surface area contributed by atoms with Crippen LogP contribution in [-0.4, -0.2) is 24.2 Å². The van der Waals surface area contributed by atoms with Gasteiger partial charge in [0.2, 0.25) is 0 Å². The maximum Gasteiger partial charge on any atom is 0.133 e. The van der Waals surface area contributed by atoms with Crippen molar-refractivity contribution in [3.63, 3.8) is 0 Å². The quantitative estimate of drug-likeness (QED) is 0.276. The maximum atomic E-state index is 6.87. The van der Waals surface area contributed by atoms with Crippen molar-refractivity contribution >= 4 is 11.4 Å². The van der Waals surface area contributed by atoms with Gasteiger partial charge in [0.1, 0.15) is 11.5 Å². The number of rotatable bonds is 3. The molecule has 3 saturated heterocycles. The van der Waals surface area contributed by atoms with Gasteiger partial charge in [-0.25, -0.2) is 0 Å². The van der Waals surface area contributed by atoms with Crippen molar-refractivity contribution in [3.05, 3.63) is 82.9 Å². The monoisotopic (exact) mass is 506 g/mol. The second-order valence-electron chi connectivity index (χ2n) is 12.4. The van der Waals surface area contributed by atoms with Gasteiger partial charge in [-0.15, -0.1) is 0 Å². The molecule has 3 heteroatoms. The Bertz CT molecular complexity index is 1300. The zero-order chi connectivity index (χ0) is 25.8. The van der Waals surface area contributed by atoms with Crippen LogP contribution in [-0.2, 0) is 0 Å². The summed E-state index contributed by atoms with van der Waals surface area (Å²) in [5, 5.41) is 0. The highest BCUT2D eigenvalue weighted by atomic mass is 16.5. The van der Waals surface area contributed by atoms with Crippen LogP contribution in [0.4, 0.5) is 11.4 Å². The van der Waals surface area contributed by atoms with Crippen LogP contribution in [0.25, 0.3) is 0 Å². The van der Waals surface area contributed by atoms with E-state index in [0.29, 0.717) is 24.2 Å². The van der Waals surface area contributed by atoms with Crippen molar-refractivity contribution in [2.75, 3.05) is 9.80 Å². The Kier molecular flexibility index (Phi) is 6.14. The van der Waals surface area contributed by atoms with E-state index in [-0.39, 0.29) is 5.92 Å². The molecule has 0 amide bonds. The standard InChI is InChI=1S/C35H42N2O/c1-23-9-4-5-16-30(23)35-31-19-17-28(36-24(2)10-6-11-25(36)3)21-33(31)38-34-22-29(18-20-32(34)35)37-26-12-7-13-27(37)15-8-14-26/h4-5,9,16-22,24-27,35H,6-8,10-15H2,1-3H3. The first-order chi connectivity index (χ1) is 18.6. The van der Waals surface area contributed by atoms with Gasteiger partial charge in [-0.05, 0) is 102 Å². The fraction of sp³-hybridized carbons (Fsp3) is 0.486. The summed E-state index contributed by atoms with van der Waals surface area (Å²) in [6.07, 6.45) is 11.9. The highest BCUT2D eigenvalue weighted by Gasteiger charge is 2.36. The van der Waals surface area contributed by atoms with E-state index in [1.165, 1.54) is 91.4 Å². The van der Waals surface area contributed by atoms with Crippen LogP contribution in [0.5, 0.6) is 11.5 Å². The Morgan fingerprint density at radius 2 is 1.13 bits per heavy atom. The molecule has 0 aliphatic carbocycles. The first-order valence-corrected chi connectivity index (χ1v) is 15.2. The Hall–Kier alpha value is -2.94. The fourth-order valence-electron chi connectivity index (χ4n) is 8.23. The Balaban J connectivity index is 1.33. The van der Waals surface area contributed by atoms with Crippen LogP contribution in [0.2, 0.25) is 0 Å². The first-order valence-electron chi connectivity index (χ1n) is 15.2. The van der Waals surface area contributed by atoms with E-state index >= 15 is 0 Å². The average molecular weight is 507 g/mol. The molecular formula is C35H42N2O. The van der Waals surface area contributed by atoms with E-state index in [1.54, 1.807) is 0 Å². The number of aryl methyl sites for hydroxylation is 1. The third-order valence-corrected chi connectivity index (χ3v) is 10.1. The molecule has 4 heterocycles. The molecule has 3 atom stereocenters. The van der Waals surface area contributed by atoms with Crippen molar-refractivity contribution in [3.8, 4) is 11.5 Å². The predicted molar refractivity (Wildman–Crippen MR) is 158 cm³/mol. The predicted octanol–water partition coefficient (Wildman–Crippen LogP) is 8.96. The minimum Gasteiger partial charge on any atom is -0.457 e. The molecule has 3 aromatic rings. The topological polar surface area (TPSA) is 15.7 Å². The Morgan fingerprint density at radius 1 is 0.605 bits per heavy atom. The molecule has 3 fully saturated rings. The van der Waals surface area contributed by atoms with E-state index in [2.05, 4.69) is 91.2 Å². The van der Waals surface area contributed by atoms with Crippen LogP contribution in [0.3, 0.4) is 0 Å². The van der Waals surface area contributed by atoms with Gasteiger partial charge < -0.3 is 14.5 Å². The summed E-state index contributed by atoms with van der Waals surface area (Å²) < 4.78 is 6.87. The average Bonchev–Trinajstić information content (AvgIpc) is 2.91. The molecule has 4 aliphatic heterocycles. The van der Waals surface area contributed by atoms with Crippen LogP contribution in [0.15, 0.2) is 60.7 Å². The van der Waals surface area contributed by atoms with Crippen molar-refractivity contribution in [2.24, 2.45) is 0 Å². The van der Waals surface area contributed by atoms with E-state index in [1.807, 2.05) is 0 Å². The molecule has 3 unspecified atom stereocenters. The van der Waals surface area contributed by atoms with Gasteiger partial charge in [-0.2, -0.15) is 0 Å². The number of piperidine rings is 3. The summed E-state index contributed by atoms with van der Waals surface area (Å²) >= 11 is 0. The molecule has 0 radical (unpaired) electrons. The molecule has 0 N–H and O–H groups in total. The minimum absolute atomic E-state index is 0.190. The lowest BCUT2D eigenvalue weighted by Crippen LogP contribution is -2.49. The lowest BCUT2D eigenvalue weighted by atomic mass is 9.80. The van der Waals surface area contributed by atoms with Gasteiger partial charge in [0, 0.05) is 64.7 Å². The van der Waals surface area contributed by atoms with Gasteiger partial charge in [0.05, 0.1) is 0 Å². The van der Waals surface area contributed by atoms with Gasteiger partial charge in [-0.1, -0.05) is 36.4 Å². The summed E-state index contributed by atoms with van der Waals surface area (Å²) in [4.78, 5) is 5.37. The van der Waals surface area contributed by atoms with Crippen LogP contribution >= 0.6 is 0 Å². The molecular weight excluding hydrogens is 464 g/mol. The molecule has 0 saturated carbocycles. The third-order valence-electron chi connectivity index (χ3n) is 10.1. The number of nitrogens with zero attached hydrogens (tertiary/aromatic N) is 2. The maximum absolute atomic E-state index is 6.87. The second-order valence-corrected chi connectivity index (χ2v) is 12.4. The van der Waals surface area contributed by atoms with Crippen LogP contribution in [0, 0.1) is 6.92 Å². The molecule has 3 aromatic carbocycles. The van der Waals surface area contributed by atoms with Crippen LogP contribution in [0.1, 0.15) is 99.8 Å². The van der Waals surface area contributed by atoms with E-state index < -0.39 is 0 Å². The number of hydrogen-bond acceptors (Lipinski definition) is 3. The SMILES string of the molecule is Cc1ccccc1C1c2ccc(N3C(C)CCCC3C)cc2Oc2cc(N3C4CCCC3CCC4)ccc21. The summed E-state index contributed by atoms with van der Waals surface area (Å²) in [6, 6.07) is 25.6. The lowest BCUT2D eigenvalue weighted by molar-refractivity contribution is 0.296. The van der Waals surface area contributed by atoms with Gasteiger partial charge in [0.25, 0.3) is 0 Å². The Morgan fingerprint density at radius 3 is 1.71 bits per heavy atom. The summed E-state index contributed by atoms with van der Waals surface area (Å²) in [5.74, 6) is 2.27. The number of hydrogen-bond donors (Lipinski definition) is 0. The molecule has 2 bridgehead atoms. The van der Waals surface area contributed by atoms with Crippen molar-refractivity contribution in [1.29, 1.82) is 0 Å². The van der Waals surface area contributed by atoms with E-state index in [9.17, 15) is 0 Å². The van der Waals surface area contributed by atoms with Gasteiger partial charge in [-0.3, -0.25) is 0 Å². The Labute approximate surface area is 228 Å². The van der Waals surface area contributed by atoms with Crippen molar-refractivity contribution < 1.29 is 4.74 Å². The number of ether oxygens (including phenoxy) is 1. The summed E-state index contributed by atoms with van der Waals surface area (Å²) in [6.45, 7) is 7.01. The van der Waals surface area contributed by atoms with Crippen molar-refractivity contribution in [2.45, 2.75) is 109 Å². The molecule has 0 aromatic heterocycles. The highest BCUT2D eigenvalue weighted by molar-refractivity contribution is 5.67. The van der Waals surface area contributed by atoms with Gasteiger partial charge >= 0.3 is 0 Å². The first kappa shape index (κ1) is 24.1. The minimum atomic E-state index is 0.190. The number of anilines is 2. The lowest BCUT2D eigenvalue weighted by Gasteiger charge is -2.48. The fourth-order valence-corrected chi connectivity index (χ4v) is 8.23. The number of benzene rings is 3. The summed E-state index contributed by atoms with van der Waals surface area (Å²) in [5.41, 5.74) is 7.97. The zero-order valence-electron chi connectivity index (χ0n) is 23.3.